The van der Waals surface area contributed by atoms with E-state index >= 15 is 0 Å². The van der Waals surface area contributed by atoms with Gasteiger partial charge in [0.05, 0.1) is 31.5 Å². The third kappa shape index (κ3) is 8.36. The smallest absolute Gasteiger partial charge is 0.236 e. The number of hydrogen-bond donors (Lipinski definition) is 3. The highest BCUT2D eigenvalue weighted by Gasteiger charge is 2.17. The number of ether oxygens (including phenoxy) is 2. The van der Waals surface area contributed by atoms with Crippen LogP contribution in [-0.4, -0.2) is 62.7 Å². The molecule has 1 aliphatic rings. The monoisotopic (exact) mass is 302 g/mol. The Hall–Kier alpha value is -0.690. The van der Waals surface area contributed by atoms with Crippen LogP contribution in [0.25, 0.3) is 0 Å². The van der Waals surface area contributed by atoms with Crippen molar-refractivity contribution in [3.8, 4) is 0 Å². The van der Waals surface area contributed by atoms with Crippen molar-refractivity contribution in [2.75, 3.05) is 33.4 Å². The molecule has 2 atom stereocenters. The van der Waals surface area contributed by atoms with Gasteiger partial charge in [-0.1, -0.05) is 19.3 Å². The summed E-state index contributed by atoms with van der Waals surface area (Å²) in [6.45, 7) is 3.45. The van der Waals surface area contributed by atoms with Crippen molar-refractivity contribution in [2.45, 2.75) is 57.3 Å². The molecule has 0 aromatic rings. The fraction of sp³-hybridized carbons (Fsp3) is 0.933. The van der Waals surface area contributed by atoms with E-state index in [9.17, 15) is 9.90 Å². The molecular weight excluding hydrogens is 272 g/mol. The molecule has 0 bridgehead atoms. The van der Waals surface area contributed by atoms with E-state index in [-0.39, 0.29) is 11.9 Å². The minimum Gasteiger partial charge on any atom is -0.389 e. The number of carbonyl (C=O) groups is 1. The van der Waals surface area contributed by atoms with Gasteiger partial charge in [-0.05, 0) is 19.8 Å². The van der Waals surface area contributed by atoms with E-state index in [0.717, 1.165) is 12.8 Å². The maximum atomic E-state index is 11.7. The van der Waals surface area contributed by atoms with Crippen LogP contribution in [0.15, 0.2) is 0 Å². The lowest BCUT2D eigenvalue weighted by molar-refractivity contribution is -0.123. The Bertz CT molecular complexity index is 283. The van der Waals surface area contributed by atoms with Crippen LogP contribution in [-0.2, 0) is 14.3 Å². The van der Waals surface area contributed by atoms with E-state index in [1.165, 1.54) is 19.3 Å². The SMILES string of the molecule is COCCNC(=O)C(C)NCC(O)COC1CCCCC1. The van der Waals surface area contributed by atoms with Gasteiger partial charge in [-0.2, -0.15) is 0 Å². The van der Waals surface area contributed by atoms with E-state index in [1.807, 2.05) is 0 Å². The molecule has 0 radical (unpaired) electrons. The van der Waals surface area contributed by atoms with Gasteiger partial charge in [-0.3, -0.25) is 4.79 Å². The minimum absolute atomic E-state index is 0.0903. The number of carbonyl (C=O) groups excluding carboxylic acids is 1. The molecule has 1 saturated carbocycles. The van der Waals surface area contributed by atoms with E-state index in [1.54, 1.807) is 14.0 Å². The number of rotatable bonds is 10. The number of nitrogens with one attached hydrogen (secondary N) is 2. The van der Waals surface area contributed by atoms with Crippen LogP contribution in [0.4, 0.5) is 0 Å². The van der Waals surface area contributed by atoms with Crippen LogP contribution in [0.5, 0.6) is 0 Å². The fourth-order valence-electron chi connectivity index (χ4n) is 2.37. The van der Waals surface area contributed by atoms with Gasteiger partial charge in [0.25, 0.3) is 0 Å². The molecule has 1 fully saturated rings. The lowest BCUT2D eigenvalue weighted by Crippen LogP contribution is -2.46. The largest absolute Gasteiger partial charge is 0.389 e. The molecule has 2 unspecified atom stereocenters. The Labute approximate surface area is 127 Å². The maximum Gasteiger partial charge on any atom is 0.236 e. The van der Waals surface area contributed by atoms with Gasteiger partial charge in [0, 0.05) is 20.2 Å². The lowest BCUT2D eigenvalue weighted by Gasteiger charge is -2.24. The van der Waals surface area contributed by atoms with Gasteiger partial charge in [-0.15, -0.1) is 0 Å². The summed E-state index contributed by atoms with van der Waals surface area (Å²) in [5, 5.41) is 15.7. The number of methoxy groups -OCH3 is 1. The second-order valence-corrected chi connectivity index (χ2v) is 5.66. The molecule has 0 aromatic heterocycles. The van der Waals surface area contributed by atoms with Crippen LogP contribution in [0, 0.1) is 0 Å². The van der Waals surface area contributed by atoms with E-state index in [0.29, 0.717) is 32.4 Å². The Morgan fingerprint density at radius 1 is 1.33 bits per heavy atom. The normalized spacial score (nSPS) is 19.2. The third-order valence-corrected chi connectivity index (χ3v) is 3.73. The second kappa shape index (κ2) is 11.0. The third-order valence-electron chi connectivity index (χ3n) is 3.73. The van der Waals surface area contributed by atoms with Gasteiger partial charge in [0.2, 0.25) is 5.91 Å². The second-order valence-electron chi connectivity index (χ2n) is 5.66. The van der Waals surface area contributed by atoms with E-state index < -0.39 is 6.10 Å². The summed E-state index contributed by atoms with van der Waals surface area (Å²) in [6.07, 6.45) is 5.63. The lowest BCUT2D eigenvalue weighted by atomic mass is 9.98. The van der Waals surface area contributed by atoms with Crippen molar-refractivity contribution in [3.63, 3.8) is 0 Å². The molecule has 1 rings (SSSR count). The average Bonchev–Trinajstić information content (AvgIpc) is 2.51. The molecule has 3 N–H and O–H groups in total. The summed E-state index contributed by atoms with van der Waals surface area (Å²) in [5.41, 5.74) is 0. The van der Waals surface area contributed by atoms with Crippen LogP contribution < -0.4 is 10.6 Å². The number of aliphatic hydroxyl groups is 1. The first-order valence-electron chi connectivity index (χ1n) is 7.93. The predicted octanol–water partition coefficient (Wildman–Crippen LogP) is 0.437. The Balaban J connectivity index is 2.07. The zero-order valence-corrected chi connectivity index (χ0v) is 13.3. The van der Waals surface area contributed by atoms with Crippen molar-refractivity contribution in [1.29, 1.82) is 0 Å². The topological polar surface area (TPSA) is 79.8 Å². The first-order chi connectivity index (χ1) is 10.1. The summed E-state index contributed by atoms with van der Waals surface area (Å²) in [5.74, 6) is -0.0903. The molecule has 21 heavy (non-hydrogen) atoms. The molecule has 124 valence electrons. The summed E-state index contributed by atoms with van der Waals surface area (Å²) < 4.78 is 10.6. The summed E-state index contributed by atoms with van der Waals surface area (Å²) in [6, 6.07) is -0.341. The highest BCUT2D eigenvalue weighted by atomic mass is 16.5. The highest BCUT2D eigenvalue weighted by Crippen LogP contribution is 2.20. The van der Waals surface area contributed by atoms with Crippen molar-refractivity contribution in [2.24, 2.45) is 0 Å². The van der Waals surface area contributed by atoms with Crippen molar-refractivity contribution in [1.82, 2.24) is 10.6 Å². The molecule has 0 saturated heterocycles. The van der Waals surface area contributed by atoms with Crippen LogP contribution >= 0.6 is 0 Å². The average molecular weight is 302 g/mol. The van der Waals surface area contributed by atoms with Gasteiger partial charge in [0.1, 0.15) is 0 Å². The fourth-order valence-corrected chi connectivity index (χ4v) is 2.37. The van der Waals surface area contributed by atoms with E-state index in [4.69, 9.17) is 9.47 Å². The molecule has 0 spiro atoms. The standard InChI is InChI=1S/C15H30N2O4/c1-12(15(19)16-8-9-20-2)17-10-13(18)11-21-14-6-4-3-5-7-14/h12-14,17-18H,3-11H2,1-2H3,(H,16,19). The van der Waals surface area contributed by atoms with Crippen molar-refractivity contribution < 1.29 is 19.4 Å². The molecule has 0 aromatic carbocycles. The predicted molar refractivity (Wildman–Crippen MR) is 81.2 cm³/mol. The molecule has 0 aliphatic heterocycles. The van der Waals surface area contributed by atoms with Crippen molar-refractivity contribution in [3.05, 3.63) is 0 Å². The summed E-state index contributed by atoms with van der Waals surface area (Å²) >= 11 is 0. The van der Waals surface area contributed by atoms with Gasteiger partial charge in [0.15, 0.2) is 0 Å². The highest BCUT2D eigenvalue weighted by molar-refractivity contribution is 5.81. The van der Waals surface area contributed by atoms with Gasteiger partial charge >= 0.3 is 0 Å². The molecule has 0 heterocycles. The van der Waals surface area contributed by atoms with Crippen LogP contribution in [0.3, 0.4) is 0 Å². The van der Waals surface area contributed by atoms with Crippen LogP contribution in [0.2, 0.25) is 0 Å². The first kappa shape index (κ1) is 18.4. The minimum atomic E-state index is -0.582. The number of aliphatic hydroxyl groups excluding tert-OH is 1. The Morgan fingerprint density at radius 2 is 2.05 bits per heavy atom. The molecule has 1 aliphatic carbocycles. The Kier molecular flexibility index (Phi) is 9.58. The van der Waals surface area contributed by atoms with E-state index in [2.05, 4.69) is 10.6 Å². The zero-order valence-electron chi connectivity index (χ0n) is 13.3. The molecular formula is C15H30N2O4. The number of amides is 1. The van der Waals surface area contributed by atoms with Crippen molar-refractivity contribution >= 4 is 5.91 Å². The van der Waals surface area contributed by atoms with Gasteiger partial charge < -0.3 is 25.2 Å². The van der Waals surface area contributed by atoms with Gasteiger partial charge in [-0.25, -0.2) is 0 Å². The number of hydrogen-bond acceptors (Lipinski definition) is 5. The Morgan fingerprint density at radius 3 is 2.71 bits per heavy atom. The molecule has 6 nitrogen and oxygen atoms in total. The van der Waals surface area contributed by atoms with Crippen LogP contribution in [0.1, 0.15) is 39.0 Å². The first-order valence-corrected chi connectivity index (χ1v) is 7.93. The zero-order chi connectivity index (χ0) is 15.5. The summed E-state index contributed by atoms with van der Waals surface area (Å²) in [4.78, 5) is 11.7. The maximum absolute atomic E-state index is 11.7. The molecule has 1 amide bonds. The molecule has 6 heteroatoms. The quantitative estimate of drug-likeness (QED) is 0.510. The summed E-state index contributed by atoms with van der Waals surface area (Å²) in [7, 11) is 1.59.